The van der Waals surface area contributed by atoms with E-state index in [0.29, 0.717) is 0 Å². The maximum atomic E-state index is 12.8. The van der Waals surface area contributed by atoms with Crippen molar-refractivity contribution in [3.63, 3.8) is 0 Å². The number of aryl methyl sites for hydroxylation is 2. The van der Waals surface area contributed by atoms with Crippen LogP contribution in [0.3, 0.4) is 0 Å². The number of nitrogens with zero attached hydrogens (tertiary/aromatic N) is 3. The van der Waals surface area contributed by atoms with Crippen LogP contribution in [0.15, 0.2) is 42.6 Å². The van der Waals surface area contributed by atoms with Gasteiger partial charge in [0.25, 0.3) is 5.91 Å². The second kappa shape index (κ2) is 7.79. The molecule has 0 saturated carbocycles. The topological polar surface area (TPSA) is 36.4 Å². The highest BCUT2D eigenvalue weighted by atomic mass is 32.1. The summed E-state index contributed by atoms with van der Waals surface area (Å²) >= 11 is 1.65. The van der Waals surface area contributed by atoms with Gasteiger partial charge < -0.3 is 4.90 Å². The van der Waals surface area contributed by atoms with Crippen LogP contribution in [0.5, 0.6) is 0 Å². The van der Waals surface area contributed by atoms with Crippen LogP contribution in [0, 0.1) is 6.92 Å². The molecule has 3 heterocycles. The van der Waals surface area contributed by atoms with Crippen molar-refractivity contribution in [1.29, 1.82) is 0 Å². The minimum absolute atomic E-state index is 0.189. The zero-order chi connectivity index (χ0) is 18.8. The first kappa shape index (κ1) is 18.1. The quantitative estimate of drug-likeness (QED) is 0.684. The first-order valence-corrected chi connectivity index (χ1v) is 10.4. The van der Waals surface area contributed by atoms with Gasteiger partial charge in [0.2, 0.25) is 0 Å². The van der Waals surface area contributed by atoms with Crippen LogP contribution in [-0.2, 0) is 13.0 Å². The smallest absolute Gasteiger partial charge is 0.264 e. The van der Waals surface area contributed by atoms with Crippen LogP contribution in [0.4, 0.5) is 0 Å². The van der Waals surface area contributed by atoms with Crippen molar-refractivity contribution in [3.8, 4) is 0 Å². The van der Waals surface area contributed by atoms with Crippen LogP contribution in [0.1, 0.15) is 32.6 Å². The van der Waals surface area contributed by atoms with E-state index in [1.165, 1.54) is 21.4 Å². The number of pyridine rings is 1. The Morgan fingerprint density at radius 2 is 1.93 bits per heavy atom. The zero-order valence-electron chi connectivity index (χ0n) is 15.9. The normalized spacial score (nSPS) is 15.4. The lowest BCUT2D eigenvalue weighted by atomic mass is 10.1. The molecule has 0 bridgehead atoms. The van der Waals surface area contributed by atoms with E-state index in [9.17, 15) is 4.79 Å². The highest BCUT2D eigenvalue weighted by Gasteiger charge is 2.24. The molecule has 27 heavy (non-hydrogen) atoms. The predicted molar refractivity (Wildman–Crippen MR) is 111 cm³/mol. The zero-order valence-corrected chi connectivity index (χ0v) is 16.8. The third kappa shape index (κ3) is 3.75. The van der Waals surface area contributed by atoms with Gasteiger partial charge in [-0.2, -0.15) is 0 Å². The molecule has 0 N–H and O–H groups in total. The molecule has 4 nitrogen and oxygen atoms in total. The second-order valence-electron chi connectivity index (χ2n) is 7.13. The molecule has 5 heteroatoms. The summed E-state index contributed by atoms with van der Waals surface area (Å²) in [4.78, 5) is 24.0. The molecule has 0 unspecified atom stereocenters. The van der Waals surface area contributed by atoms with Gasteiger partial charge in [-0.25, -0.2) is 0 Å². The maximum absolute atomic E-state index is 12.8. The summed E-state index contributed by atoms with van der Waals surface area (Å²) in [5.74, 6) is 0.189. The van der Waals surface area contributed by atoms with Crippen molar-refractivity contribution >= 4 is 28.1 Å². The number of aromatic nitrogens is 1. The number of para-hydroxylation sites is 1. The fourth-order valence-corrected chi connectivity index (χ4v) is 4.86. The largest absolute Gasteiger partial charge is 0.335 e. The molecule has 1 amide bonds. The summed E-state index contributed by atoms with van der Waals surface area (Å²) in [6.07, 6.45) is 2.85. The summed E-state index contributed by atoms with van der Waals surface area (Å²) in [5, 5.41) is 1.18. The van der Waals surface area contributed by atoms with Crippen LogP contribution < -0.4 is 0 Å². The Morgan fingerprint density at radius 3 is 2.67 bits per heavy atom. The van der Waals surface area contributed by atoms with E-state index >= 15 is 0 Å². The standard InChI is InChI=1S/C22H25N3OS/c1-3-19-16(2)14-20(27-19)22(26)25-12-10-24(11-13-25)15-18-7-4-6-17-8-5-9-23-21(17)18/h4-9,14H,3,10-13,15H2,1-2H3. The number of benzene rings is 1. The molecule has 0 spiro atoms. The van der Waals surface area contributed by atoms with E-state index in [4.69, 9.17) is 0 Å². The minimum atomic E-state index is 0.189. The maximum Gasteiger partial charge on any atom is 0.264 e. The monoisotopic (exact) mass is 379 g/mol. The van der Waals surface area contributed by atoms with E-state index in [1.807, 2.05) is 17.2 Å². The van der Waals surface area contributed by atoms with Crippen molar-refractivity contribution in [3.05, 3.63) is 63.5 Å². The highest BCUT2D eigenvalue weighted by Crippen LogP contribution is 2.24. The van der Waals surface area contributed by atoms with Crippen LogP contribution in [-0.4, -0.2) is 46.9 Å². The molecular formula is C22H25N3OS. The van der Waals surface area contributed by atoms with Crippen LogP contribution in [0.25, 0.3) is 10.9 Å². The number of carbonyl (C=O) groups excluding carboxylic acids is 1. The number of amides is 1. The van der Waals surface area contributed by atoms with E-state index in [-0.39, 0.29) is 5.91 Å². The summed E-state index contributed by atoms with van der Waals surface area (Å²) in [7, 11) is 0. The average molecular weight is 380 g/mol. The Balaban J connectivity index is 1.40. The Kier molecular flexibility index (Phi) is 5.23. The molecule has 1 aliphatic rings. The third-order valence-electron chi connectivity index (χ3n) is 5.32. The first-order valence-electron chi connectivity index (χ1n) is 9.59. The molecule has 0 aliphatic carbocycles. The lowest BCUT2D eigenvalue weighted by molar-refractivity contribution is 0.0633. The molecule has 2 aromatic heterocycles. The minimum Gasteiger partial charge on any atom is -0.335 e. The molecule has 1 fully saturated rings. The van der Waals surface area contributed by atoms with Gasteiger partial charge in [0.1, 0.15) is 0 Å². The van der Waals surface area contributed by atoms with Gasteiger partial charge >= 0.3 is 0 Å². The van der Waals surface area contributed by atoms with Gasteiger partial charge in [-0.15, -0.1) is 11.3 Å². The van der Waals surface area contributed by atoms with E-state index in [1.54, 1.807) is 11.3 Å². The fourth-order valence-electron chi connectivity index (χ4n) is 3.78. The molecule has 4 rings (SSSR count). The number of thiophene rings is 1. The van der Waals surface area contributed by atoms with E-state index < -0.39 is 0 Å². The highest BCUT2D eigenvalue weighted by molar-refractivity contribution is 7.14. The van der Waals surface area contributed by atoms with Gasteiger partial charge in [0.15, 0.2) is 0 Å². The van der Waals surface area contributed by atoms with Gasteiger partial charge in [-0.1, -0.05) is 31.2 Å². The van der Waals surface area contributed by atoms with Crippen LogP contribution >= 0.6 is 11.3 Å². The molecule has 3 aromatic rings. The summed E-state index contributed by atoms with van der Waals surface area (Å²) in [5.41, 5.74) is 3.59. The molecule has 140 valence electrons. The first-order chi connectivity index (χ1) is 13.2. The van der Waals surface area contributed by atoms with Gasteiger partial charge in [-0.3, -0.25) is 14.7 Å². The van der Waals surface area contributed by atoms with E-state index in [0.717, 1.165) is 49.5 Å². The number of carbonyl (C=O) groups is 1. The third-order valence-corrected chi connectivity index (χ3v) is 6.69. The molecule has 1 saturated heterocycles. The number of hydrogen-bond donors (Lipinski definition) is 0. The van der Waals surface area contributed by atoms with Crippen molar-refractivity contribution in [2.45, 2.75) is 26.8 Å². The molecule has 1 aromatic carbocycles. The summed E-state index contributed by atoms with van der Waals surface area (Å²) in [6, 6.07) is 12.5. The second-order valence-corrected chi connectivity index (χ2v) is 8.27. The lowest BCUT2D eigenvalue weighted by Crippen LogP contribution is -2.48. The predicted octanol–water partition coefficient (Wildman–Crippen LogP) is 4.13. The summed E-state index contributed by atoms with van der Waals surface area (Å²) < 4.78 is 0. The average Bonchev–Trinajstić information content (AvgIpc) is 3.09. The molecular weight excluding hydrogens is 354 g/mol. The Labute approximate surface area is 164 Å². The molecule has 1 aliphatic heterocycles. The SMILES string of the molecule is CCc1sc(C(=O)N2CCN(Cc3cccc4cccnc34)CC2)cc1C. The van der Waals surface area contributed by atoms with Crippen molar-refractivity contribution in [2.75, 3.05) is 26.2 Å². The number of hydrogen-bond acceptors (Lipinski definition) is 4. The Hall–Kier alpha value is -2.24. The van der Waals surface area contributed by atoms with Crippen molar-refractivity contribution < 1.29 is 4.79 Å². The number of piperazine rings is 1. The van der Waals surface area contributed by atoms with Crippen LogP contribution in [0.2, 0.25) is 0 Å². The molecule has 0 atom stereocenters. The van der Waals surface area contributed by atoms with Gasteiger partial charge in [-0.05, 0) is 36.6 Å². The number of rotatable bonds is 4. The van der Waals surface area contributed by atoms with Crippen molar-refractivity contribution in [1.82, 2.24) is 14.8 Å². The molecule has 0 radical (unpaired) electrons. The lowest BCUT2D eigenvalue weighted by Gasteiger charge is -2.34. The van der Waals surface area contributed by atoms with Gasteiger partial charge in [0, 0.05) is 49.2 Å². The fraction of sp³-hybridized carbons (Fsp3) is 0.364. The Morgan fingerprint density at radius 1 is 1.15 bits per heavy atom. The Bertz CT molecular complexity index is 952. The van der Waals surface area contributed by atoms with Gasteiger partial charge in [0.05, 0.1) is 10.4 Å². The summed E-state index contributed by atoms with van der Waals surface area (Å²) in [6.45, 7) is 8.51. The van der Waals surface area contributed by atoms with Crippen molar-refractivity contribution in [2.24, 2.45) is 0 Å². The van der Waals surface area contributed by atoms with E-state index in [2.05, 4.69) is 54.1 Å². The number of fused-ring (bicyclic) bond motifs is 1.